The van der Waals surface area contributed by atoms with Gasteiger partial charge in [-0.2, -0.15) is 0 Å². The van der Waals surface area contributed by atoms with Crippen LogP contribution >= 0.6 is 11.8 Å². The number of ether oxygens (including phenoxy) is 2. The summed E-state index contributed by atoms with van der Waals surface area (Å²) >= 11 is 1.78. The summed E-state index contributed by atoms with van der Waals surface area (Å²) in [6.45, 7) is 4.78. The van der Waals surface area contributed by atoms with Crippen molar-refractivity contribution in [1.82, 2.24) is 0 Å². The maximum absolute atomic E-state index is 13.0. The van der Waals surface area contributed by atoms with Gasteiger partial charge in [-0.1, -0.05) is 110 Å². The van der Waals surface area contributed by atoms with Crippen LogP contribution in [0.1, 0.15) is 36.1 Å². The normalized spacial score (nSPS) is 12.1. The highest BCUT2D eigenvalue weighted by molar-refractivity contribution is 8.00. The molecule has 0 amide bonds. The second-order valence-electron chi connectivity index (χ2n) is 8.68. The summed E-state index contributed by atoms with van der Waals surface area (Å²) in [4.78, 5) is 13.0. The molecular formula is C32H32O3S. The maximum atomic E-state index is 13.0. The highest BCUT2D eigenvalue weighted by Crippen LogP contribution is 2.49. The van der Waals surface area contributed by atoms with E-state index >= 15 is 0 Å². The minimum absolute atomic E-state index is 0.195. The van der Waals surface area contributed by atoms with Crippen LogP contribution in [0, 0.1) is 5.92 Å². The fourth-order valence-corrected chi connectivity index (χ4v) is 5.78. The molecule has 0 spiro atoms. The third-order valence-electron chi connectivity index (χ3n) is 6.11. The number of esters is 1. The molecule has 4 heteroatoms. The summed E-state index contributed by atoms with van der Waals surface area (Å²) in [7, 11) is 0. The summed E-state index contributed by atoms with van der Waals surface area (Å²) in [5.41, 5.74) is 4.49. The molecule has 3 nitrogen and oxygen atoms in total. The highest BCUT2D eigenvalue weighted by Gasteiger charge is 2.37. The van der Waals surface area contributed by atoms with Gasteiger partial charge in [0.05, 0.1) is 17.3 Å². The van der Waals surface area contributed by atoms with Gasteiger partial charge in [0.25, 0.3) is 0 Å². The fourth-order valence-electron chi connectivity index (χ4n) is 4.23. The van der Waals surface area contributed by atoms with Crippen LogP contribution in [0.5, 0.6) is 5.75 Å². The largest absolute Gasteiger partial charge is 0.494 e. The van der Waals surface area contributed by atoms with Gasteiger partial charge in [-0.3, -0.25) is 4.79 Å². The van der Waals surface area contributed by atoms with Crippen molar-refractivity contribution >= 4 is 17.7 Å². The number of carbonyl (C=O) groups is 1. The molecule has 4 aromatic carbocycles. The van der Waals surface area contributed by atoms with E-state index in [9.17, 15) is 4.79 Å². The molecule has 0 radical (unpaired) electrons. The molecule has 0 heterocycles. The van der Waals surface area contributed by atoms with Gasteiger partial charge in [-0.15, -0.1) is 11.8 Å². The Morgan fingerprint density at radius 3 is 1.67 bits per heavy atom. The van der Waals surface area contributed by atoms with Crippen molar-refractivity contribution in [3.05, 3.63) is 138 Å². The van der Waals surface area contributed by atoms with E-state index in [4.69, 9.17) is 9.47 Å². The van der Waals surface area contributed by atoms with Crippen LogP contribution in [0.15, 0.2) is 115 Å². The molecule has 184 valence electrons. The Morgan fingerprint density at radius 1 is 0.750 bits per heavy atom. The molecule has 0 N–H and O–H groups in total. The third-order valence-corrected chi connectivity index (χ3v) is 7.92. The molecule has 0 aliphatic carbocycles. The molecule has 0 bridgehead atoms. The summed E-state index contributed by atoms with van der Waals surface area (Å²) in [5.74, 6) is 0.963. The second-order valence-corrected chi connectivity index (χ2v) is 9.91. The minimum Gasteiger partial charge on any atom is -0.494 e. The molecule has 0 aromatic heterocycles. The van der Waals surface area contributed by atoms with Crippen molar-refractivity contribution in [2.75, 3.05) is 12.4 Å². The highest BCUT2D eigenvalue weighted by atomic mass is 32.2. The van der Waals surface area contributed by atoms with E-state index in [0.717, 1.165) is 11.3 Å². The van der Waals surface area contributed by atoms with Gasteiger partial charge in [-0.25, -0.2) is 0 Å². The predicted molar refractivity (Wildman–Crippen MR) is 148 cm³/mol. The lowest BCUT2D eigenvalue weighted by Gasteiger charge is -2.36. The van der Waals surface area contributed by atoms with E-state index in [-0.39, 0.29) is 18.5 Å². The maximum Gasteiger partial charge on any atom is 0.309 e. The lowest BCUT2D eigenvalue weighted by Crippen LogP contribution is -2.28. The first-order chi connectivity index (χ1) is 17.6. The molecule has 0 aliphatic rings. The van der Waals surface area contributed by atoms with E-state index in [1.165, 1.54) is 16.7 Å². The summed E-state index contributed by atoms with van der Waals surface area (Å²) in [5, 5.41) is 0. The van der Waals surface area contributed by atoms with Crippen LogP contribution in [0.3, 0.4) is 0 Å². The van der Waals surface area contributed by atoms with Crippen LogP contribution in [0.25, 0.3) is 0 Å². The number of benzene rings is 4. The van der Waals surface area contributed by atoms with Gasteiger partial charge in [-0.05, 0) is 41.3 Å². The molecule has 0 unspecified atom stereocenters. The van der Waals surface area contributed by atoms with Crippen LogP contribution in [-0.4, -0.2) is 18.3 Å². The Morgan fingerprint density at radius 2 is 1.22 bits per heavy atom. The second kappa shape index (κ2) is 12.5. The van der Waals surface area contributed by atoms with Crippen LogP contribution < -0.4 is 4.74 Å². The standard InChI is InChI=1S/C32H32O3S/c1-3-34-30-21-19-26(20-22-30)23-35-31(33)25(2)24-36-32(27-13-7-4-8-14-27,28-15-9-5-10-16-28)29-17-11-6-12-18-29/h4-22,25H,3,23-24H2,1-2H3/t25-/m0/s1. The number of rotatable bonds is 11. The fraction of sp³-hybridized carbons (Fsp3) is 0.219. The smallest absolute Gasteiger partial charge is 0.309 e. The lowest BCUT2D eigenvalue weighted by atomic mass is 9.84. The van der Waals surface area contributed by atoms with E-state index in [1.54, 1.807) is 11.8 Å². The van der Waals surface area contributed by atoms with E-state index < -0.39 is 4.75 Å². The van der Waals surface area contributed by atoms with Gasteiger partial charge in [0, 0.05) is 5.75 Å². The number of hydrogen-bond donors (Lipinski definition) is 0. The summed E-state index contributed by atoms with van der Waals surface area (Å²) < 4.78 is 10.7. The Bertz CT molecular complexity index is 1110. The average molecular weight is 497 g/mol. The van der Waals surface area contributed by atoms with Crippen LogP contribution in [0.4, 0.5) is 0 Å². The van der Waals surface area contributed by atoms with Gasteiger partial charge in [0.1, 0.15) is 12.4 Å². The lowest BCUT2D eigenvalue weighted by molar-refractivity contribution is -0.148. The minimum atomic E-state index is -0.451. The molecule has 1 atom stereocenters. The van der Waals surface area contributed by atoms with Crippen molar-refractivity contribution < 1.29 is 14.3 Å². The Balaban J connectivity index is 1.54. The zero-order valence-electron chi connectivity index (χ0n) is 20.8. The summed E-state index contributed by atoms with van der Waals surface area (Å²) in [6, 6.07) is 39.2. The van der Waals surface area contributed by atoms with Crippen LogP contribution in [-0.2, 0) is 20.9 Å². The Labute approximate surface area is 218 Å². The topological polar surface area (TPSA) is 35.5 Å². The van der Waals surface area contributed by atoms with Gasteiger partial charge >= 0.3 is 5.97 Å². The molecule has 36 heavy (non-hydrogen) atoms. The van der Waals surface area contributed by atoms with Gasteiger partial charge in [0.15, 0.2) is 0 Å². The van der Waals surface area contributed by atoms with Gasteiger partial charge < -0.3 is 9.47 Å². The zero-order valence-corrected chi connectivity index (χ0v) is 21.6. The Hall–Kier alpha value is -3.50. The monoisotopic (exact) mass is 496 g/mol. The van der Waals surface area contributed by atoms with Crippen LogP contribution in [0.2, 0.25) is 0 Å². The van der Waals surface area contributed by atoms with Crippen molar-refractivity contribution in [2.45, 2.75) is 25.2 Å². The molecule has 0 aliphatic heterocycles. The van der Waals surface area contributed by atoms with E-state index in [1.807, 2.05) is 56.3 Å². The first-order valence-corrected chi connectivity index (χ1v) is 13.3. The number of hydrogen-bond acceptors (Lipinski definition) is 4. The third kappa shape index (κ3) is 6.00. The van der Waals surface area contributed by atoms with E-state index in [2.05, 4.69) is 72.8 Å². The average Bonchev–Trinajstić information content (AvgIpc) is 2.94. The zero-order chi connectivity index (χ0) is 25.2. The quantitative estimate of drug-likeness (QED) is 0.159. The van der Waals surface area contributed by atoms with Gasteiger partial charge in [0.2, 0.25) is 0 Å². The Kier molecular flexibility index (Phi) is 8.85. The molecule has 4 aromatic rings. The molecule has 4 rings (SSSR count). The number of carbonyl (C=O) groups excluding carboxylic acids is 1. The first-order valence-electron chi connectivity index (χ1n) is 12.3. The molecular weight excluding hydrogens is 464 g/mol. The molecule has 0 fully saturated rings. The molecule has 0 saturated heterocycles. The van der Waals surface area contributed by atoms with E-state index in [0.29, 0.717) is 12.4 Å². The first kappa shape index (κ1) is 25.6. The number of thioether (sulfide) groups is 1. The predicted octanol–water partition coefficient (Wildman–Crippen LogP) is 7.49. The summed E-state index contributed by atoms with van der Waals surface area (Å²) in [6.07, 6.45) is 0. The molecule has 0 saturated carbocycles. The van der Waals surface area contributed by atoms with Crippen molar-refractivity contribution in [3.8, 4) is 5.75 Å². The SMILES string of the molecule is CCOc1ccc(COC(=O)[C@@H](C)CSC(c2ccccc2)(c2ccccc2)c2ccccc2)cc1. The van der Waals surface area contributed by atoms with Crippen molar-refractivity contribution in [3.63, 3.8) is 0 Å². The van der Waals surface area contributed by atoms with Crippen molar-refractivity contribution in [2.24, 2.45) is 5.92 Å². The van der Waals surface area contributed by atoms with Crippen molar-refractivity contribution in [1.29, 1.82) is 0 Å².